The Morgan fingerprint density at radius 3 is 2.79 bits per heavy atom. The van der Waals surface area contributed by atoms with Crippen LogP contribution in [0.1, 0.15) is 42.7 Å². The number of hydrogen-bond acceptors (Lipinski definition) is 6. The summed E-state index contributed by atoms with van der Waals surface area (Å²) in [5.41, 5.74) is 5.14. The predicted molar refractivity (Wildman–Crippen MR) is 103 cm³/mol. The minimum Gasteiger partial charge on any atom is -0.493 e. The summed E-state index contributed by atoms with van der Waals surface area (Å²) in [5, 5.41) is 10.7. The molecular formula is C20H25N3O6. The number of hydroxylamine groups is 2. The molecule has 1 aromatic carbocycles. The van der Waals surface area contributed by atoms with Crippen LogP contribution in [0.25, 0.3) is 11.0 Å². The Bertz CT molecular complexity index is 874. The third-order valence-electron chi connectivity index (χ3n) is 5.24. The molecule has 156 valence electrons. The van der Waals surface area contributed by atoms with Gasteiger partial charge in [0.25, 0.3) is 0 Å². The topological polar surface area (TPSA) is 121 Å². The number of nitrogens with zero attached hydrogens (tertiary/aromatic N) is 1. The lowest BCUT2D eigenvalue weighted by molar-refractivity contribution is -0.155. The zero-order valence-corrected chi connectivity index (χ0v) is 16.2. The van der Waals surface area contributed by atoms with Crippen LogP contribution in [0.15, 0.2) is 28.7 Å². The molecule has 29 heavy (non-hydrogen) atoms. The first-order chi connectivity index (χ1) is 14.0. The summed E-state index contributed by atoms with van der Waals surface area (Å²) < 4.78 is 10.8. The second-order valence-corrected chi connectivity index (χ2v) is 7.24. The van der Waals surface area contributed by atoms with E-state index < -0.39 is 17.7 Å². The quantitative estimate of drug-likeness (QED) is 0.353. The molecule has 3 amide bonds. The number of carbonyl (C=O) groups is 3. The van der Waals surface area contributed by atoms with Crippen molar-refractivity contribution in [2.45, 2.75) is 32.1 Å². The van der Waals surface area contributed by atoms with Gasteiger partial charge in [-0.1, -0.05) is 37.8 Å². The van der Waals surface area contributed by atoms with Crippen molar-refractivity contribution >= 4 is 29.2 Å². The zero-order valence-electron chi connectivity index (χ0n) is 16.2. The van der Waals surface area contributed by atoms with Gasteiger partial charge in [-0.2, -0.15) is 0 Å². The fourth-order valence-corrected chi connectivity index (χ4v) is 3.77. The predicted octanol–water partition coefficient (Wildman–Crippen LogP) is 2.25. The molecule has 1 atom stereocenters. The number of fused-ring (bicyclic) bond motifs is 1. The molecule has 0 bridgehead atoms. The SMILES string of the molecule is COc1cccc2cc(C(=O)NNC(=O)C(CC3CCCC3)CN(O)C=O)oc12. The summed E-state index contributed by atoms with van der Waals surface area (Å²) in [6, 6.07) is 6.83. The number of rotatable bonds is 8. The summed E-state index contributed by atoms with van der Waals surface area (Å²) in [6.07, 6.45) is 5.06. The van der Waals surface area contributed by atoms with E-state index in [2.05, 4.69) is 10.9 Å². The molecule has 1 aromatic heterocycles. The van der Waals surface area contributed by atoms with Gasteiger partial charge in [0, 0.05) is 5.39 Å². The highest BCUT2D eigenvalue weighted by Gasteiger charge is 2.27. The van der Waals surface area contributed by atoms with Gasteiger partial charge in [-0.25, -0.2) is 5.06 Å². The van der Waals surface area contributed by atoms with Crippen molar-refractivity contribution in [2.24, 2.45) is 11.8 Å². The third kappa shape index (κ3) is 5.05. The van der Waals surface area contributed by atoms with Crippen LogP contribution in [0, 0.1) is 11.8 Å². The van der Waals surface area contributed by atoms with E-state index in [4.69, 9.17) is 9.15 Å². The maximum atomic E-state index is 12.6. The van der Waals surface area contributed by atoms with Crippen molar-refractivity contribution < 1.29 is 28.7 Å². The van der Waals surface area contributed by atoms with Crippen LogP contribution < -0.4 is 15.6 Å². The van der Waals surface area contributed by atoms with Crippen LogP contribution >= 0.6 is 0 Å². The Balaban J connectivity index is 1.63. The van der Waals surface area contributed by atoms with Gasteiger partial charge in [0.05, 0.1) is 19.6 Å². The number of hydrogen-bond donors (Lipinski definition) is 3. The molecule has 1 aliphatic carbocycles. The Kier molecular flexibility index (Phi) is 6.71. The molecule has 1 saturated carbocycles. The van der Waals surface area contributed by atoms with Gasteiger partial charge in [0.2, 0.25) is 12.3 Å². The molecule has 9 nitrogen and oxygen atoms in total. The van der Waals surface area contributed by atoms with Crippen molar-refractivity contribution in [3.63, 3.8) is 0 Å². The first-order valence-electron chi connectivity index (χ1n) is 9.59. The normalized spacial score (nSPS) is 15.1. The standard InChI is InChI=1S/C20H25N3O6/c1-28-16-8-4-7-14-10-17(29-18(14)16)20(26)22-21-19(25)15(11-23(27)12-24)9-13-5-2-3-6-13/h4,7-8,10,12-13,15,27H,2-3,5-6,9,11H2,1H3,(H,21,25)(H,22,26). The highest BCUT2D eigenvalue weighted by Crippen LogP contribution is 2.31. The van der Waals surface area contributed by atoms with Gasteiger partial charge in [0.1, 0.15) is 0 Å². The van der Waals surface area contributed by atoms with Crippen LogP contribution in [0.3, 0.4) is 0 Å². The number of furan rings is 1. The summed E-state index contributed by atoms with van der Waals surface area (Å²) in [5.74, 6) is -0.839. The Labute approximate surface area is 167 Å². The first-order valence-corrected chi connectivity index (χ1v) is 9.59. The average Bonchev–Trinajstić information content (AvgIpc) is 3.40. The molecule has 0 aliphatic heterocycles. The average molecular weight is 403 g/mol. The van der Waals surface area contributed by atoms with E-state index >= 15 is 0 Å². The zero-order chi connectivity index (χ0) is 20.8. The second kappa shape index (κ2) is 9.42. The van der Waals surface area contributed by atoms with Gasteiger partial charge in [-0.15, -0.1) is 0 Å². The van der Waals surface area contributed by atoms with Crippen molar-refractivity contribution in [3.8, 4) is 5.75 Å². The van der Waals surface area contributed by atoms with E-state index in [1.54, 1.807) is 24.3 Å². The highest BCUT2D eigenvalue weighted by molar-refractivity contribution is 5.98. The number of ether oxygens (including phenoxy) is 1. The van der Waals surface area contributed by atoms with Crippen molar-refractivity contribution in [1.29, 1.82) is 0 Å². The monoisotopic (exact) mass is 403 g/mol. The number of carbonyl (C=O) groups excluding carboxylic acids is 3. The largest absolute Gasteiger partial charge is 0.493 e. The van der Waals surface area contributed by atoms with Gasteiger partial charge >= 0.3 is 5.91 Å². The Morgan fingerprint density at radius 2 is 2.10 bits per heavy atom. The molecule has 1 aliphatic rings. The summed E-state index contributed by atoms with van der Waals surface area (Å²) in [6.45, 7) is -0.135. The number of nitrogens with one attached hydrogen (secondary N) is 2. The molecule has 9 heteroatoms. The fraction of sp³-hybridized carbons (Fsp3) is 0.450. The van der Waals surface area contributed by atoms with Crippen molar-refractivity contribution in [1.82, 2.24) is 15.9 Å². The maximum absolute atomic E-state index is 12.6. The van der Waals surface area contributed by atoms with E-state index in [0.717, 1.165) is 25.7 Å². The summed E-state index contributed by atoms with van der Waals surface area (Å²) in [4.78, 5) is 35.7. The third-order valence-corrected chi connectivity index (χ3v) is 5.24. The molecule has 3 rings (SSSR count). The van der Waals surface area contributed by atoms with Crippen LogP contribution in [-0.2, 0) is 9.59 Å². The van der Waals surface area contributed by atoms with E-state index in [0.29, 0.717) is 34.1 Å². The Morgan fingerprint density at radius 1 is 1.34 bits per heavy atom. The number of methoxy groups -OCH3 is 1. The molecule has 1 fully saturated rings. The minimum atomic E-state index is -0.635. The lowest BCUT2D eigenvalue weighted by atomic mass is 9.92. The molecule has 1 heterocycles. The number of amides is 3. The number of para-hydroxylation sites is 1. The van der Waals surface area contributed by atoms with Crippen LogP contribution in [0.5, 0.6) is 5.75 Å². The van der Waals surface area contributed by atoms with Crippen LogP contribution in [-0.4, -0.2) is 42.1 Å². The van der Waals surface area contributed by atoms with E-state index in [-0.39, 0.29) is 18.7 Å². The lowest BCUT2D eigenvalue weighted by Crippen LogP contribution is -2.47. The van der Waals surface area contributed by atoms with Crippen molar-refractivity contribution in [3.05, 3.63) is 30.0 Å². The molecule has 0 radical (unpaired) electrons. The van der Waals surface area contributed by atoms with Gasteiger partial charge in [-0.3, -0.25) is 30.4 Å². The second-order valence-electron chi connectivity index (χ2n) is 7.24. The van der Waals surface area contributed by atoms with Gasteiger partial charge in [0.15, 0.2) is 17.1 Å². The van der Waals surface area contributed by atoms with Crippen LogP contribution in [0.4, 0.5) is 0 Å². The van der Waals surface area contributed by atoms with E-state index in [1.165, 1.54) is 7.11 Å². The van der Waals surface area contributed by atoms with Crippen LogP contribution in [0.2, 0.25) is 0 Å². The minimum absolute atomic E-state index is 0.0221. The summed E-state index contributed by atoms with van der Waals surface area (Å²) >= 11 is 0. The van der Waals surface area contributed by atoms with E-state index in [9.17, 15) is 19.6 Å². The van der Waals surface area contributed by atoms with Crippen molar-refractivity contribution in [2.75, 3.05) is 13.7 Å². The number of benzene rings is 1. The lowest BCUT2D eigenvalue weighted by Gasteiger charge is -2.22. The van der Waals surface area contributed by atoms with E-state index in [1.807, 2.05) is 0 Å². The number of hydrazine groups is 1. The Hall–Kier alpha value is -3.07. The first kappa shape index (κ1) is 20.7. The molecule has 1 unspecified atom stereocenters. The molecule has 2 aromatic rings. The smallest absolute Gasteiger partial charge is 0.305 e. The maximum Gasteiger partial charge on any atom is 0.305 e. The van der Waals surface area contributed by atoms with Gasteiger partial charge < -0.3 is 9.15 Å². The molecule has 3 N–H and O–H groups in total. The fourth-order valence-electron chi connectivity index (χ4n) is 3.77. The summed E-state index contributed by atoms with van der Waals surface area (Å²) in [7, 11) is 1.51. The van der Waals surface area contributed by atoms with Gasteiger partial charge in [-0.05, 0) is 24.5 Å². The molecular weight excluding hydrogens is 378 g/mol. The molecule has 0 spiro atoms. The molecule has 0 saturated heterocycles. The highest BCUT2D eigenvalue weighted by atomic mass is 16.5.